The van der Waals surface area contributed by atoms with Crippen molar-refractivity contribution in [3.8, 4) is 0 Å². The zero-order valence-electron chi connectivity index (χ0n) is 9.29. The van der Waals surface area contributed by atoms with E-state index in [0.29, 0.717) is 6.04 Å². The Hall–Kier alpha value is -0.860. The van der Waals surface area contributed by atoms with E-state index in [0.717, 1.165) is 13.1 Å². The third-order valence-corrected chi connectivity index (χ3v) is 2.56. The van der Waals surface area contributed by atoms with E-state index in [1.54, 1.807) is 0 Å². The molecular formula is C12H22N2+2. The highest BCUT2D eigenvalue weighted by Gasteiger charge is 2.10. The van der Waals surface area contributed by atoms with Crippen LogP contribution < -0.4 is 10.6 Å². The quantitative estimate of drug-likeness (QED) is 0.646. The zero-order valence-corrected chi connectivity index (χ0v) is 9.29. The van der Waals surface area contributed by atoms with Gasteiger partial charge in [-0.2, -0.15) is 0 Å². The Balaban J connectivity index is 2.37. The van der Waals surface area contributed by atoms with Crippen molar-refractivity contribution in [3.05, 3.63) is 35.9 Å². The summed E-state index contributed by atoms with van der Waals surface area (Å²) in [5.41, 5.74) is 5.53. The van der Waals surface area contributed by atoms with Crippen molar-refractivity contribution in [1.82, 2.24) is 0 Å². The monoisotopic (exact) mass is 194 g/mol. The summed E-state index contributed by atoms with van der Waals surface area (Å²) in [5, 5.41) is 0. The molecule has 1 aromatic carbocycles. The number of benzene rings is 1. The first-order valence-corrected chi connectivity index (χ1v) is 5.40. The van der Waals surface area contributed by atoms with E-state index in [2.05, 4.69) is 50.0 Å². The van der Waals surface area contributed by atoms with Crippen LogP contribution in [0.4, 0.5) is 0 Å². The molecular weight excluding hydrogens is 172 g/mol. The SMILES string of the molecule is CC[C@@H]([NH3+])C[NH+](C)Cc1ccccc1. The first-order valence-electron chi connectivity index (χ1n) is 5.40. The summed E-state index contributed by atoms with van der Waals surface area (Å²) >= 11 is 0. The van der Waals surface area contributed by atoms with Crippen LogP contribution in [0.25, 0.3) is 0 Å². The van der Waals surface area contributed by atoms with Crippen LogP contribution in [-0.2, 0) is 6.54 Å². The summed E-state index contributed by atoms with van der Waals surface area (Å²) < 4.78 is 0. The maximum Gasteiger partial charge on any atom is 0.134 e. The molecule has 14 heavy (non-hydrogen) atoms. The van der Waals surface area contributed by atoms with Gasteiger partial charge in [-0.05, 0) is 0 Å². The van der Waals surface area contributed by atoms with Crippen LogP contribution in [0, 0.1) is 0 Å². The summed E-state index contributed by atoms with van der Waals surface area (Å²) in [4.78, 5) is 1.54. The summed E-state index contributed by atoms with van der Waals surface area (Å²) in [7, 11) is 2.24. The number of hydrogen-bond donors (Lipinski definition) is 2. The van der Waals surface area contributed by atoms with E-state index in [9.17, 15) is 0 Å². The van der Waals surface area contributed by atoms with Crippen molar-refractivity contribution in [3.63, 3.8) is 0 Å². The lowest BCUT2D eigenvalue weighted by Gasteiger charge is -2.15. The predicted molar refractivity (Wildman–Crippen MR) is 58.9 cm³/mol. The standard InChI is InChI=1S/C12H20N2/c1-3-12(13)10-14(2)9-11-7-5-4-6-8-11/h4-8,12H,3,9-10,13H2,1-2H3/p+2/t12-/m1/s1. The van der Waals surface area contributed by atoms with Gasteiger partial charge in [0, 0.05) is 12.0 Å². The number of hydrogen-bond acceptors (Lipinski definition) is 0. The van der Waals surface area contributed by atoms with Gasteiger partial charge in [0.1, 0.15) is 19.1 Å². The maximum atomic E-state index is 4.12. The number of nitrogens with one attached hydrogen (secondary N) is 1. The molecule has 0 amide bonds. The third-order valence-electron chi connectivity index (χ3n) is 2.56. The van der Waals surface area contributed by atoms with Crippen molar-refractivity contribution in [2.24, 2.45) is 0 Å². The van der Waals surface area contributed by atoms with Gasteiger partial charge in [0.2, 0.25) is 0 Å². The summed E-state index contributed by atoms with van der Waals surface area (Å²) in [6.45, 7) is 4.46. The van der Waals surface area contributed by atoms with Crippen LogP contribution >= 0.6 is 0 Å². The van der Waals surface area contributed by atoms with E-state index in [-0.39, 0.29) is 0 Å². The lowest BCUT2D eigenvalue weighted by Crippen LogP contribution is -3.10. The molecule has 0 aliphatic carbocycles. The second kappa shape index (κ2) is 5.78. The van der Waals surface area contributed by atoms with Crippen LogP contribution in [0.5, 0.6) is 0 Å². The van der Waals surface area contributed by atoms with E-state index < -0.39 is 0 Å². The summed E-state index contributed by atoms with van der Waals surface area (Å²) in [6, 6.07) is 11.2. The van der Waals surface area contributed by atoms with Crippen LogP contribution in [0.2, 0.25) is 0 Å². The Morgan fingerprint density at radius 3 is 2.50 bits per heavy atom. The van der Waals surface area contributed by atoms with Crippen molar-refractivity contribution in [2.45, 2.75) is 25.9 Å². The van der Waals surface area contributed by atoms with Crippen LogP contribution in [-0.4, -0.2) is 19.6 Å². The van der Waals surface area contributed by atoms with Gasteiger partial charge in [0.15, 0.2) is 0 Å². The van der Waals surface area contributed by atoms with Gasteiger partial charge in [-0.1, -0.05) is 37.3 Å². The van der Waals surface area contributed by atoms with Gasteiger partial charge >= 0.3 is 0 Å². The minimum absolute atomic E-state index is 0.582. The molecule has 0 spiro atoms. The highest BCUT2D eigenvalue weighted by molar-refractivity contribution is 5.13. The van der Waals surface area contributed by atoms with Crippen molar-refractivity contribution < 1.29 is 10.6 Å². The zero-order chi connectivity index (χ0) is 10.4. The molecule has 0 heterocycles. The van der Waals surface area contributed by atoms with Gasteiger partial charge < -0.3 is 10.6 Å². The topological polar surface area (TPSA) is 32.1 Å². The van der Waals surface area contributed by atoms with Gasteiger partial charge in [0.05, 0.1) is 7.05 Å². The molecule has 2 heteroatoms. The van der Waals surface area contributed by atoms with Gasteiger partial charge in [-0.3, -0.25) is 0 Å². The Bertz CT molecular complexity index is 246. The molecule has 4 N–H and O–H groups in total. The van der Waals surface area contributed by atoms with E-state index in [1.165, 1.54) is 16.9 Å². The van der Waals surface area contributed by atoms with Gasteiger partial charge in [-0.15, -0.1) is 0 Å². The second-order valence-electron chi connectivity index (χ2n) is 4.10. The van der Waals surface area contributed by atoms with Crippen molar-refractivity contribution in [1.29, 1.82) is 0 Å². The van der Waals surface area contributed by atoms with E-state index in [1.807, 2.05) is 0 Å². The molecule has 1 unspecified atom stereocenters. The minimum Gasteiger partial charge on any atom is -0.350 e. The first kappa shape index (κ1) is 11.2. The molecule has 0 aliphatic rings. The fraction of sp³-hybridized carbons (Fsp3) is 0.500. The molecule has 0 aromatic heterocycles. The number of rotatable bonds is 5. The van der Waals surface area contributed by atoms with Crippen molar-refractivity contribution in [2.75, 3.05) is 13.6 Å². The Morgan fingerprint density at radius 1 is 1.29 bits per heavy atom. The maximum absolute atomic E-state index is 4.12. The molecule has 0 aliphatic heterocycles. The molecule has 0 saturated heterocycles. The number of quaternary nitrogens is 2. The lowest BCUT2D eigenvalue weighted by molar-refractivity contribution is -0.903. The Morgan fingerprint density at radius 2 is 1.93 bits per heavy atom. The molecule has 2 atom stereocenters. The summed E-state index contributed by atoms with van der Waals surface area (Å²) in [5.74, 6) is 0. The van der Waals surface area contributed by atoms with Gasteiger partial charge in [0.25, 0.3) is 0 Å². The minimum atomic E-state index is 0.582. The molecule has 0 radical (unpaired) electrons. The first-order chi connectivity index (χ1) is 6.72. The normalized spacial score (nSPS) is 15.1. The molecule has 78 valence electrons. The van der Waals surface area contributed by atoms with E-state index in [4.69, 9.17) is 0 Å². The van der Waals surface area contributed by atoms with Gasteiger partial charge in [-0.25, -0.2) is 0 Å². The highest BCUT2D eigenvalue weighted by Crippen LogP contribution is 1.94. The van der Waals surface area contributed by atoms with Crippen LogP contribution in [0.1, 0.15) is 18.9 Å². The Kier molecular flexibility index (Phi) is 4.63. The predicted octanol–water partition coefficient (Wildman–Crippen LogP) is -0.278. The van der Waals surface area contributed by atoms with Crippen molar-refractivity contribution >= 4 is 0 Å². The third kappa shape index (κ3) is 3.90. The molecule has 0 saturated carbocycles. The smallest absolute Gasteiger partial charge is 0.134 e. The van der Waals surface area contributed by atoms with Crippen LogP contribution in [0.15, 0.2) is 30.3 Å². The molecule has 2 nitrogen and oxygen atoms in total. The molecule has 0 fully saturated rings. The highest BCUT2D eigenvalue weighted by atomic mass is 15.1. The molecule has 1 rings (SSSR count). The Labute approximate surface area is 86.7 Å². The largest absolute Gasteiger partial charge is 0.350 e. The number of likely N-dealkylation sites (N-methyl/N-ethyl adjacent to an activating group) is 1. The summed E-state index contributed by atoms with van der Waals surface area (Å²) in [6.07, 6.45) is 1.17. The fourth-order valence-electron chi connectivity index (χ4n) is 1.65. The lowest BCUT2D eigenvalue weighted by atomic mass is 10.2. The average molecular weight is 194 g/mol. The average Bonchev–Trinajstić information content (AvgIpc) is 2.19. The fourth-order valence-corrected chi connectivity index (χ4v) is 1.65. The van der Waals surface area contributed by atoms with Crippen LogP contribution in [0.3, 0.4) is 0 Å². The second-order valence-corrected chi connectivity index (χ2v) is 4.10. The molecule has 1 aromatic rings. The molecule has 0 bridgehead atoms. The van der Waals surface area contributed by atoms with E-state index >= 15 is 0 Å².